The summed E-state index contributed by atoms with van der Waals surface area (Å²) >= 11 is 0. The van der Waals surface area contributed by atoms with Gasteiger partial charge in [-0.3, -0.25) is 0 Å². The molecule has 1 aromatic rings. The second kappa shape index (κ2) is 6.09. The van der Waals surface area contributed by atoms with Gasteiger partial charge in [-0.25, -0.2) is 9.18 Å². The number of nitrogens with one attached hydrogen (secondary N) is 1. The molecule has 1 aromatic carbocycles. The third-order valence-electron chi connectivity index (χ3n) is 3.61. The average Bonchev–Trinajstić information content (AvgIpc) is 2.41. The number of piperazine rings is 1. The van der Waals surface area contributed by atoms with Crippen molar-refractivity contribution in [2.24, 2.45) is 0 Å². The second-order valence-corrected chi connectivity index (χ2v) is 5.08. The smallest absolute Gasteiger partial charge is 0.410 e. The zero-order valence-electron chi connectivity index (χ0n) is 11.8. The van der Waals surface area contributed by atoms with Crippen molar-refractivity contribution in [3.63, 3.8) is 0 Å². The van der Waals surface area contributed by atoms with Crippen LogP contribution in [-0.4, -0.2) is 36.7 Å². The minimum absolute atomic E-state index is 0.0310. The van der Waals surface area contributed by atoms with E-state index in [0.717, 1.165) is 18.7 Å². The van der Waals surface area contributed by atoms with E-state index < -0.39 is 5.82 Å². The number of amides is 1. The first kappa shape index (κ1) is 14.6. The van der Waals surface area contributed by atoms with E-state index >= 15 is 0 Å². The van der Waals surface area contributed by atoms with Gasteiger partial charge >= 0.3 is 6.09 Å². The molecule has 0 radical (unpaired) electrons. The van der Waals surface area contributed by atoms with Crippen molar-refractivity contribution in [2.45, 2.75) is 26.5 Å². The molecule has 1 aliphatic heterocycles. The molecule has 5 nitrogen and oxygen atoms in total. The molecule has 1 heterocycles. The topological polar surface area (TPSA) is 67.6 Å². The lowest BCUT2D eigenvalue weighted by Gasteiger charge is -2.33. The van der Waals surface area contributed by atoms with Crippen LogP contribution in [0.3, 0.4) is 0 Å². The van der Waals surface area contributed by atoms with E-state index in [1.165, 1.54) is 12.1 Å². The van der Waals surface area contributed by atoms with Gasteiger partial charge < -0.3 is 20.7 Å². The summed E-state index contributed by atoms with van der Waals surface area (Å²) in [4.78, 5) is 13.7. The molecule has 1 unspecified atom stereocenters. The minimum Gasteiger partial charge on any atom is -0.445 e. The van der Waals surface area contributed by atoms with Gasteiger partial charge in [0.25, 0.3) is 0 Å². The molecule has 1 amide bonds. The maximum atomic E-state index is 13.3. The molecule has 1 fully saturated rings. The maximum absolute atomic E-state index is 13.3. The van der Waals surface area contributed by atoms with E-state index in [1.807, 2.05) is 6.92 Å². The Hall–Kier alpha value is -1.82. The lowest BCUT2D eigenvalue weighted by Crippen LogP contribution is -2.52. The van der Waals surface area contributed by atoms with Gasteiger partial charge in [0.2, 0.25) is 0 Å². The first-order valence-electron chi connectivity index (χ1n) is 6.67. The number of nitrogens with zero attached hydrogens (tertiary/aromatic N) is 1. The molecule has 0 aromatic heterocycles. The van der Waals surface area contributed by atoms with Gasteiger partial charge in [-0.1, -0.05) is 0 Å². The van der Waals surface area contributed by atoms with Crippen molar-refractivity contribution in [3.05, 3.63) is 29.1 Å². The van der Waals surface area contributed by atoms with Crippen LogP contribution in [0.25, 0.3) is 0 Å². The highest BCUT2D eigenvalue weighted by Crippen LogP contribution is 2.19. The lowest BCUT2D eigenvalue weighted by atomic mass is 10.1. The summed E-state index contributed by atoms with van der Waals surface area (Å²) in [5.41, 5.74) is 7.40. The third-order valence-corrected chi connectivity index (χ3v) is 3.61. The number of carbonyl (C=O) groups excluding carboxylic acids is 1. The van der Waals surface area contributed by atoms with Crippen LogP contribution in [0.2, 0.25) is 0 Å². The van der Waals surface area contributed by atoms with Gasteiger partial charge in [0.15, 0.2) is 0 Å². The van der Waals surface area contributed by atoms with Gasteiger partial charge in [-0.05, 0) is 37.1 Å². The van der Waals surface area contributed by atoms with Crippen molar-refractivity contribution in [1.82, 2.24) is 10.2 Å². The fourth-order valence-electron chi connectivity index (χ4n) is 2.24. The van der Waals surface area contributed by atoms with Crippen molar-refractivity contribution >= 4 is 11.8 Å². The molecule has 1 atom stereocenters. The van der Waals surface area contributed by atoms with E-state index in [1.54, 1.807) is 11.8 Å². The molecule has 6 heteroatoms. The molecule has 110 valence electrons. The highest BCUT2D eigenvalue weighted by Gasteiger charge is 2.24. The number of nitrogen functional groups attached to an aromatic ring is 1. The molecule has 2 rings (SSSR count). The summed E-state index contributed by atoms with van der Waals surface area (Å²) in [6, 6.07) is 2.70. The van der Waals surface area contributed by atoms with Crippen LogP contribution < -0.4 is 11.1 Å². The SMILES string of the molecule is Cc1c(N)cc(F)cc1COC(=O)N1CCNCC1C. The molecular weight excluding hydrogens is 261 g/mol. The molecule has 20 heavy (non-hydrogen) atoms. The van der Waals surface area contributed by atoms with Crippen molar-refractivity contribution in [2.75, 3.05) is 25.4 Å². The first-order valence-corrected chi connectivity index (χ1v) is 6.67. The Morgan fingerprint density at radius 3 is 3.05 bits per heavy atom. The Balaban J connectivity index is 2.00. The van der Waals surface area contributed by atoms with Crippen LogP contribution in [-0.2, 0) is 11.3 Å². The Labute approximate surface area is 117 Å². The number of halogens is 1. The Morgan fingerprint density at radius 1 is 1.60 bits per heavy atom. The largest absolute Gasteiger partial charge is 0.445 e. The normalized spacial score (nSPS) is 18.9. The summed E-state index contributed by atoms with van der Waals surface area (Å²) in [6.07, 6.45) is -0.374. The number of nitrogens with two attached hydrogens (primary N) is 1. The molecular formula is C14H20FN3O2. The number of hydrogen-bond acceptors (Lipinski definition) is 4. The van der Waals surface area contributed by atoms with E-state index in [9.17, 15) is 9.18 Å². The summed E-state index contributed by atoms with van der Waals surface area (Å²) in [5.74, 6) is -0.422. The quantitative estimate of drug-likeness (QED) is 0.809. The summed E-state index contributed by atoms with van der Waals surface area (Å²) in [6.45, 7) is 5.89. The van der Waals surface area contributed by atoms with Crippen LogP contribution in [0.15, 0.2) is 12.1 Å². The molecule has 0 saturated carbocycles. The Kier molecular flexibility index (Phi) is 4.44. The predicted molar refractivity (Wildman–Crippen MR) is 74.8 cm³/mol. The van der Waals surface area contributed by atoms with E-state index in [4.69, 9.17) is 10.5 Å². The summed E-state index contributed by atoms with van der Waals surface area (Å²) in [7, 11) is 0. The van der Waals surface area contributed by atoms with Crippen LogP contribution in [0.4, 0.5) is 14.9 Å². The molecule has 1 aliphatic rings. The Morgan fingerprint density at radius 2 is 2.35 bits per heavy atom. The van der Waals surface area contributed by atoms with Crippen LogP contribution in [0.5, 0.6) is 0 Å². The highest BCUT2D eigenvalue weighted by atomic mass is 19.1. The van der Waals surface area contributed by atoms with Crippen molar-refractivity contribution < 1.29 is 13.9 Å². The number of ether oxygens (including phenoxy) is 1. The first-order chi connectivity index (χ1) is 9.49. The fourth-order valence-corrected chi connectivity index (χ4v) is 2.24. The molecule has 3 N–H and O–H groups in total. The average molecular weight is 281 g/mol. The van der Waals surface area contributed by atoms with Crippen LogP contribution in [0, 0.1) is 12.7 Å². The third kappa shape index (κ3) is 3.19. The van der Waals surface area contributed by atoms with Crippen molar-refractivity contribution in [3.8, 4) is 0 Å². The standard InChI is InChI=1S/C14H20FN3O2/c1-9-7-17-3-4-18(9)14(19)20-8-11-5-12(15)6-13(16)10(11)2/h5-6,9,17H,3-4,7-8,16H2,1-2H3. The van der Waals surface area contributed by atoms with E-state index in [-0.39, 0.29) is 18.7 Å². The van der Waals surface area contributed by atoms with Gasteiger partial charge in [0.1, 0.15) is 12.4 Å². The van der Waals surface area contributed by atoms with Gasteiger partial charge in [-0.2, -0.15) is 0 Å². The number of carbonyl (C=O) groups is 1. The highest BCUT2D eigenvalue weighted by molar-refractivity contribution is 5.68. The zero-order valence-corrected chi connectivity index (χ0v) is 11.8. The van der Waals surface area contributed by atoms with E-state index in [2.05, 4.69) is 5.32 Å². The summed E-state index contributed by atoms with van der Waals surface area (Å²) < 4.78 is 18.6. The van der Waals surface area contributed by atoms with Gasteiger partial charge in [0, 0.05) is 31.4 Å². The zero-order chi connectivity index (χ0) is 14.7. The monoisotopic (exact) mass is 281 g/mol. The fraction of sp³-hybridized carbons (Fsp3) is 0.500. The van der Waals surface area contributed by atoms with Crippen molar-refractivity contribution in [1.29, 1.82) is 0 Å². The molecule has 0 spiro atoms. The Bertz CT molecular complexity index is 507. The second-order valence-electron chi connectivity index (χ2n) is 5.08. The van der Waals surface area contributed by atoms with E-state index in [0.29, 0.717) is 17.8 Å². The van der Waals surface area contributed by atoms with Crippen LogP contribution >= 0.6 is 0 Å². The van der Waals surface area contributed by atoms with Gasteiger partial charge in [-0.15, -0.1) is 0 Å². The lowest BCUT2D eigenvalue weighted by molar-refractivity contribution is 0.0758. The maximum Gasteiger partial charge on any atom is 0.410 e. The van der Waals surface area contributed by atoms with Gasteiger partial charge in [0.05, 0.1) is 0 Å². The number of rotatable bonds is 2. The minimum atomic E-state index is -0.422. The number of hydrogen-bond donors (Lipinski definition) is 2. The molecule has 0 bridgehead atoms. The summed E-state index contributed by atoms with van der Waals surface area (Å²) in [5, 5.41) is 3.20. The number of anilines is 1. The number of benzene rings is 1. The molecule has 0 aliphatic carbocycles. The predicted octanol–water partition coefficient (Wildman–Crippen LogP) is 1.65. The molecule has 1 saturated heterocycles. The van der Waals surface area contributed by atoms with Crippen LogP contribution in [0.1, 0.15) is 18.1 Å².